The molecular formula is C21H34FN3O2. The fourth-order valence-electron chi connectivity index (χ4n) is 2.83. The molecule has 0 heterocycles. The van der Waals surface area contributed by atoms with Crippen molar-refractivity contribution in [3.05, 3.63) is 24.0 Å². The molecule has 6 heteroatoms. The van der Waals surface area contributed by atoms with Gasteiger partial charge in [0.2, 0.25) is 11.8 Å². The number of carbonyl (C=O) groups is 2. The van der Waals surface area contributed by atoms with Crippen LogP contribution in [0.3, 0.4) is 0 Å². The Kier molecular flexibility index (Phi) is 9.83. The molecule has 152 valence electrons. The maximum atomic E-state index is 14.3. The maximum absolute atomic E-state index is 14.3. The summed E-state index contributed by atoms with van der Waals surface area (Å²) < 4.78 is 14.3. The summed E-state index contributed by atoms with van der Waals surface area (Å²) in [5, 5.41) is 2.71. The Bertz CT molecular complexity index is 613. The predicted octanol–water partition coefficient (Wildman–Crippen LogP) is 4.43. The van der Waals surface area contributed by atoms with E-state index >= 15 is 0 Å². The molecule has 0 unspecified atom stereocenters. The number of amides is 2. The molecule has 2 amide bonds. The molecule has 1 aromatic rings. The molecule has 0 fully saturated rings. The van der Waals surface area contributed by atoms with Crippen LogP contribution in [-0.2, 0) is 9.59 Å². The molecule has 27 heavy (non-hydrogen) atoms. The van der Waals surface area contributed by atoms with E-state index in [1.807, 2.05) is 44.5 Å². The van der Waals surface area contributed by atoms with Crippen molar-refractivity contribution in [2.24, 2.45) is 0 Å². The van der Waals surface area contributed by atoms with Gasteiger partial charge in [0.25, 0.3) is 0 Å². The first-order valence-electron chi connectivity index (χ1n) is 9.90. The zero-order valence-corrected chi connectivity index (χ0v) is 17.3. The Morgan fingerprint density at radius 2 is 1.74 bits per heavy atom. The van der Waals surface area contributed by atoms with E-state index in [0.29, 0.717) is 24.2 Å². The average Bonchev–Trinajstić information content (AvgIpc) is 2.61. The molecule has 0 aliphatic heterocycles. The third kappa shape index (κ3) is 7.57. The largest absolute Gasteiger partial charge is 0.370 e. The number of anilines is 2. The van der Waals surface area contributed by atoms with Crippen LogP contribution >= 0.6 is 0 Å². The topological polar surface area (TPSA) is 52.7 Å². The van der Waals surface area contributed by atoms with Crippen molar-refractivity contribution in [3.63, 3.8) is 0 Å². The summed E-state index contributed by atoms with van der Waals surface area (Å²) in [7, 11) is 1.83. The standard InChI is InChI=1S/C21H34FN3O2/c1-6-13-25(14-7-2)21(27)10-8-9-20(26)23-17-11-12-19(18(22)15-17)24(5)16(3)4/h11-12,15-16H,6-10,13-14H2,1-5H3,(H,23,26). The molecule has 0 bridgehead atoms. The molecule has 0 saturated heterocycles. The Labute approximate surface area is 162 Å². The molecule has 0 atom stereocenters. The van der Waals surface area contributed by atoms with Crippen LogP contribution in [0.25, 0.3) is 0 Å². The van der Waals surface area contributed by atoms with Crippen molar-refractivity contribution < 1.29 is 14.0 Å². The summed E-state index contributed by atoms with van der Waals surface area (Å²) in [6, 6.07) is 4.88. The highest BCUT2D eigenvalue weighted by molar-refractivity contribution is 5.91. The van der Waals surface area contributed by atoms with E-state index in [1.54, 1.807) is 12.1 Å². The molecule has 0 aliphatic rings. The Morgan fingerprint density at radius 1 is 1.11 bits per heavy atom. The van der Waals surface area contributed by atoms with E-state index in [-0.39, 0.29) is 30.1 Å². The summed E-state index contributed by atoms with van der Waals surface area (Å²) in [4.78, 5) is 28.0. The Balaban J connectivity index is 2.51. The number of rotatable bonds is 11. The van der Waals surface area contributed by atoms with Gasteiger partial charge in [-0.15, -0.1) is 0 Å². The van der Waals surface area contributed by atoms with E-state index in [0.717, 1.165) is 25.9 Å². The van der Waals surface area contributed by atoms with Crippen LogP contribution < -0.4 is 10.2 Å². The van der Waals surface area contributed by atoms with Crippen molar-refractivity contribution >= 4 is 23.2 Å². The lowest BCUT2D eigenvalue weighted by molar-refractivity contribution is -0.131. The zero-order valence-electron chi connectivity index (χ0n) is 17.3. The van der Waals surface area contributed by atoms with Gasteiger partial charge in [0.05, 0.1) is 5.69 Å². The first-order chi connectivity index (χ1) is 12.8. The van der Waals surface area contributed by atoms with Crippen LogP contribution in [-0.4, -0.2) is 42.9 Å². The molecule has 0 saturated carbocycles. The summed E-state index contributed by atoms with van der Waals surface area (Å²) in [5.41, 5.74) is 0.934. The molecule has 0 spiro atoms. The quantitative estimate of drug-likeness (QED) is 0.619. The lowest BCUT2D eigenvalue weighted by atomic mass is 10.2. The van der Waals surface area contributed by atoms with Gasteiger partial charge in [0.15, 0.2) is 0 Å². The van der Waals surface area contributed by atoms with Crippen LogP contribution in [0.1, 0.15) is 59.8 Å². The molecule has 5 nitrogen and oxygen atoms in total. The molecular weight excluding hydrogens is 345 g/mol. The highest BCUT2D eigenvalue weighted by atomic mass is 19.1. The lowest BCUT2D eigenvalue weighted by Gasteiger charge is -2.24. The second-order valence-corrected chi connectivity index (χ2v) is 7.15. The fourth-order valence-corrected chi connectivity index (χ4v) is 2.83. The number of nitrogens with zero attached hydrogens (tertiary/aromatic N) is 2. The summed E-state index contributed by atoms with van der Waals surface area (Å²) >= 11 is 0. The normalized spacial score (nSPS) is 10.8. The van der Waals surface area contributed by atoms with Crippen molar-refractivity contribution in [2.75, 3.05) is 30.4 Å². The number of hydrogen-bond acceptors (Lipinski definition) is 3. The van der Waals surface area contributed by atoms with E-state index in [9.17, 15) is 14.0 Å². The monoisotopic (exact) mass is 379 g/mol. The second kappa shape index (κ2) is 11.6. The lowest BCUT2D eigenvalue weighted by Crippen LogP contribution is -2.32. The van der Waals surface area contributed by atoms with Gasteiger partial charge < -0.3 is 15.1 Å². The highest BCUT2D eigenvalue weighted by Crippen LogP contribution is 2.23. The van der Waals surface area contributed by atoms with E-state index in [1.165, 1.54) is 6.07 Å². The van der Waals surface area contributed by atoms with E-state index in [2.05, 4.69) is 5.32 Å². The van der Waals surface area contributed by atoms with E-state index in [4.69, 9.17) is 0 Å². The zero-order chi connectivity index (χ0) is 20.4. The minimum absolute atomic E-state index is 0.0959. The summed E-state index contributed by atoms with van der Waals surface area (Å²) in [6.45, 7) is 9.58. The van der Waals surface area contributed by atoms with Crippen LogP contribution in [0, 0.1) is 5.82 Å². The first-order valence-corrected chi connectivity index (χ1v) is 9.90. The molecule has 1 aromatic carbocycles. The smallest absolute Gasteiger partial charge is 0.224 e. The second-order valence-electron chi connectivity index (χ2n) is 7.15. The van der Waals surface area contributed by atoms with Gasteiger partial charge in [-0.1, -0.05) is 13.8 Å². The van der Waals surface area contributed by atoms with Crippen molar-refractivity contribution in [2.45, 2.75) is 65.8 Å². The predicted molar refractivity (Wildman–Crippen MR) is 110 cm³/mol. The van der Waals surface area contributed by atoms with Crippen LogP contribution in [0.4, 0.5) is 15.8 Å². The number of halogens is 1. The third-order valence-electron chi connectivity index (χ3n) is 4.52. The molecule has 0 aliphatic carbocycles. The molecule has 1 rings (SSSR count). The Morgan fingerprint density at radius 3 is 2.26 bits per heavy atom. The molecule has 1 N–H and O–H groups in total. The SMILES string of the molecule is CCCN(CCC)C(=O)CCCC(=O)Nc1ccc(N(C)C(C)C)c(F)c1. The van der Waals surface area contributed by atoms with Gasteiger partial charge >= 0.3 is 0 Å². The van der Waals surface area contributed by atoms with Gasteiger partial charge in [-0.3, -0.25) is 9.59 Å². The van der Waals surface area contributed by atoms with Crippen LogP contribution in [0.5, 0.6) is 0 Å². The van der Waals surface area contributed by atoms with Gasteiger partial charge in [0, 0.05) is 44.7 Å². The van der Waals surface area contributed by atoms with Gasteiger partial charge in [-0.25, -0.2) is 4.39 Å². The Hall–Kier alpha value is -2.11. The van der Waals surface area contributed by atoms with Crippen molar-refractivity contribution in [3.8, 4) is 0 Å². The maximum Gasteiger partial charge on any atom is 0.224 e. The summed E-state index contributed by atoms with van der Waals surface area (Å²) in [5.74, 6) is -0.475. The number of benzene rings is 1. The minimum atomic E-state index is -0.367. The van der Waals surface area contributed by atoms with Crippen molar-refractivity contribution in [1.82, 2.24) is 4.90 Å². The number of nitrogens with one attached hydrogen (secondary N) is 1. The van der Waals surface area contributed by atoms with E-state index < -0.39 is 0 Å². The van der Waals surface area contributed by atoms with Crippen LogP contribution in [0.15, 0.2) is 18.2 Å². The first kappa shape index (κ1) is 22.9. The third-order valence-corrected chi connectivity index (χ3v) is 4.52. The van der Waals surface area contributed by atoms with Gasteiger partial charge in [-0.05, 0) is 51.3 Å². The fraction of sp³-hybridized carbons (Fsp3) is 0.619. The number of hydrogen-bond donors (Lipinski definition) is 1. The highest BCUT2D eigenvalue weighted by Gasteiger charge is 2.14. The minimum Gasteiger partial charge on any atom is -0.370 e. The van der Waals surface area contributed by atoms with Crippen molar-refractivity contribution in [1.29, 1.82) is 0 Å². The average molecular weight is 380 g/mol. The van der Waals surface area contributed by atoms with Crippen LogP contribution in [0.2, 0.25) is 0 Å². The molecule has 0 aromatic heterocycles. The number of carbonyl (C=O) groups excluding carboxylic acids is 2. The molecule has 0 radical (unpaired) electrons. The van der Waals surface area contributed by atoms with Gasteiger partial charge in [-0.2, -0.15) is 0 Å². The summed E-state index contributed by atoms with van der Waals surface area (Å²) in [6.07, 6.45) is 2.96. The van der Waals surface area contributed by atoms with Gasteiger partial charge in [0.1, 0.15) is 5.82 Å².